The average molecular weight is 609 g/mol. The van der Waals surface area contributed by atoms with Crippen molar-refractivity contribution in [3.63, 3.8) is 0 Å². The Morgan fingerprint density at radius 2 is 1.24 bits per heavy atom. The molecule has 42 heavy (non-hydrogen) atoms. The monoisotopic (exact) mass is 608 g/mol. The van der Waals surface area contributed by atoms with Crippen molar-refractivity contribution in [1.29, 1.82) is 0 Å². The lowest BCUT2D eigenvalue weighted by molar-refractivity contribution is -0.139. The highest BCUT2D eigenvalue weighted by molar-refractivity contribution is 7.92. The number of rotatable bonds is 14. The lowest BCUT2D eigenvalue weighted by Crippen LogP contribution is -2.32. The van der Waals surface area contributed by atoms with Gasteiger partial charge in [0.25, 0.3) is 0 Å². The first kappa shape index (κ1) is 30.8. The van der Waals surface area contributed by atoms with Gasteiger partial charge in [0.1, 0.15) is 18.9 Å². The minimum Gasteiger partial charge on any atom is -0.489 e. The van der Waals surface area contributed by atoms with Crippen LogP contribution in [0.2, 0.25) is 0 Å². The van der Waals surface area contributed by atoms with Gasteiger partial charge in [-0.25, -0.2) is 21.6 Å². The summed E-state index contributed by atoms with van der Waals surface area (Å²) in [5, 5.41) is 0. The highest BCUT2D eigenvalue weighted by atomic mass is 32.2. The smallest absolute Gasteiger partial charge is 0.320 e. The van der Waals surface area contributed by atoms with Gasteiger partial charge in [0.2, 0.25) is 20.0 Å². The fraction of sp³-hybridized carbons (Fsp3) is 0.194. The zero-order valence-corrected chi connectivity index (χ0v) is 24.7. The predicted molar refractivity (Wildman–Crippen MR) is 162 cm³/mol. The van der Waals surface area contributed by atoms with Gasteiger partial charge < -0.3 is 9.47 Å². The minimum absolute atomic E-state index is 0.0347. The fourth-order valence-electron chi connectivity index (χ4n) is 4.08. The quantitative estimate of drug-likeness (QED) is 0.211. The molecule has 0 aliphatic carbocycles. The van der Waals surface area contributed by atoms with Gasteiger partial charge in [-0.15, -0.1) is 0 Å². The van der Waals surface area contributed by atoms with Crippen molar-refractivity contribution in [2.45, 2.75) is 24.7 Å². The number of carbonyl (C=O) groups is 1. The van der Waals surface area contributed by atoms with E-state index in [0.717, 1.165) is 5.56 Å². The molecule has 4 aromatic rings. The van der Waals surface area contributed by atoms with E-state index in [1.807, 2.05) is 36.4 Å². The third kappa shape index (κ3) is 9.16. The van der Waals surface area contributed by atoms with Gasteiger partial charge >= 0.3 is 5.97 Å². The minimum atomic E-state index is -3.81. The van der Waals surface area contributed by atoms with Crippen molar-refractivity contribution in [3.8, 4) is 5.75 Å². The van der Waals surface area contributed by atoms with Crippen molar-refractivity contribution < 1.29 is 31.1 Å². The molecule has 0 saturated carbocycles. The Balaban J connectivity index is 1.52. The standard InChI is InChI=1S/C31H32N2O7S2/c1-39-31(34)20-32-41(35,36)23-28-14-12-25(13-15-28)21-33(42(37,38)24-27-10-6-3-7-11-27)29-16-18-30(19-17-29)40-22-26-8-4-2-5-9-26/h2-19,32H,20-24H2,1H3. The maximum Gasteiger partial charge on any atom is 0.320 e. The summed E-state index contributed by atoms with van der Waals surface area (Å²) in [5.41, 5.74) is 3.29. The van der Waals surface area contributed by atoms with E-state index < -0.39 is 32.6 Å². The number of esters is 1. The summed E-state index contributed by atoms with van der Waals surface area (Å²) in [6, 6.07) is 32.2. The number of anilines is 1. The van der Waals surface area contributed by atoms with Gasteiger partial charge in [-0.1, -0.05) is 84.9 Å². The van der Waals surface area contributed by atoms with Crippen LogP contribution in [0.4, 0.5) is 5.69 Å². The van der Waals surface area contributed by atoms with Crippen LogP contribution in [0.15, 0.2) is 109 Å². The summed E-state index contributed by atoms with van der Waals surface area (Å²) >= 11 is 0. The van der Waals surface area contributed by atoms with Crippen LogP contribution in [0.25, 0.3) is 0 Å². The van der Waals surface area contributed by atoms with E-state index in [9.17, 15) is 21.6 Å². The van der Waals surface area contributed by atoms with E-state index >= 15 is 0 Å². The number of nitrogens with one attached hydrogen (secondary N) is 1. The van der Waals surface area contributed by atoms with Gasteiger partial charge in [0.05, 0.1) is 30.8 Å². The highest BCUT2D eigenvalue weighted by Crippen LogP contribution is 2.27. The van der Waals surface area contributed by atoms with E-state index in [2.05, 4.69) is 9.46 Å². The van der Waals surface area contributed by atoms with Gasteiger partial charge in [-0.2, -0.15) is 0 Å². The Hall–Kier alpha value is -4.19. The van der Waals surface area contributed by atoms with E-state index in [4.69, 9.17) is 4.74 Å². The Kier molecular flexibility index (Phi) is 10.3. The van der Waals surface area contributed by atoms with E-state index in [0.29, 0.717) is 34.7 Å². The van der Waals surface area contributed by atoms with Crippen LogP contribution in [0.3, 0.4) is 0 Å². The Bertz CT molecular complexity index is 1660. The van der Waals surface area contributed by atoms with E-state index in [1.54, 1.807) is 72.8 Å². The first-order valence-corrected chi connectivity index (χ1v) is 16.3. The number of benzene rings is 4. The largest absolute Gasteiger partial charge is 0.489 e. The molecule has 4 rings (SSSR count). The van der Waals surface area contributed by atoms with Gasteiger partial charge in [-0.3, -0.25) is 9.10 Å². The van der Waals surface area contributed by atoms with Crippen LogP contribution in [0.1, 0.15) is 22.3 Å². The van der Waals surface area contributed by atoms with Crippen LogP contribution < -0.4 is 13.8 Å². The van der Waals surface area contributed by atoms with E-state index in [-0.39, 0.29) is 18.1 Å². The molecular formula is C31H32N2O7S2. The van der Waals surface area contributed by atoms with Gasteiger partial charge in [0, 0.05) is 0 Å². The number of ether oxygens (including phenoxy) is 2. The number of methoxy groups -OCH3 is 1. The van der Waals surface area contributed by atoms with Crippen LogP contribution in [0, 0.1) is 0 Å². The average Bonchev–Trinajstić information content (AvgIpc) is 2.99. The summed E-state index contributed by atoms with van der Waals surface area (Å²) in [6.07, 6.45) is 0. The van der Waals surface area contributed by atoms with Crippen molar-refractivity contribution in [3.05, 3.63) is 131 Å². The van der Waals surface area contributed by atoms with Gasteiger partial charge in [-0.05, 0) is 46.5 Å². The van der Waals surface area contributed by atoms with E-state index in [1.165, 1.54) is 11.4 Å². The molecule has 0 fully saturated rings. The number of nitrogens with zero attached hydrogens (tertiary/aromatic N) is 1. The van der Waals surface area contributed by atoms with Crippen molar-refractivity contribution in [2.24, 2.45) is 0 Å². The summed E-state index contributed by atoms with van der Waals surface area (Å²) in [7, 11) is -6.41. The van der Waals surface area contributed by atoms with Crippen molar-refractivity contribution >= 4 is 31.7 Å². The second kappa shape index (κ2) is 14.1. The Morgan fingerprint density at radius 1 is 0.690 bits per heavy atom. The van der Waals surface area contributed by atoms with Gasteiger partial charge in [0.15, 0.2) is 0 Å². The Labute approximate surface area is 246 Å². The molecule has 0 unspecified atom stereocenters. The molecule has 0 amide bonds. The molecule has 0 saturated heterocycles. The Morgan fingerprint density at radius 3 is 1.83 bits per heavy atom. The van der Waals surface area contributed by atoms with Crippen LogP contribution in [-0.4, -0.2) is 36.5 Å². The molecule has 0 radical (unpaired) electrons. The third-order valence-electron chi connectivity index (χ3n) is 6.27. The zero-order valence-electron chi connectivity index (χ0n) is 23.0. The summed E-state index contributed by atoms with van der Waals surface area (Å²) in [4.78, 5) is 11.3. The lowest BCUT2D eigenvalue weighted by Gasteiger charge is -2.25. The molecule has 0 aliphatic rings. The highest BCUT2D eigenvalue weighted by Gasteiger charge is 2.24. The summed E-state index contributed by atoms with van der Waals surface area (Å²) < 4.78 is 65.8. The normalized spacial score (nSPS) is 11.5. The first-order chi connectivity index (χ1) is 20.1. The number of hydrogen-bond acceptors (Lipinski definition) is 7. The predicted octanol–water partition coefficient (Wildman–Crippen LogP) is 4.39. The second-order valence-corrected chi connectivity index (χ2v) is 13.2. The maximum atomic E-state index is 13.7. The zero-order chi connectivity index (χ0) is 30.0. The van der Waals surface area contributed by atoms with Crippen LogP contribution in [-0.2, 0) is 54.2 Å². The molecular weight excluding hydrogens is 576 g/mol. The molecule has 11 heteroatoms. The van der Waals surface area contributed by atoms with Crippen LogP contribution in [0.5, 0.6) is 5.75 Å². The fourth-order valence-corrected chi connectivity index (χ4v) is 6.71. The molecule has 0 atom stereocenters. The first-order valence-electron chi connectivity index (χ1n) is 13.1. The van der Waals surface area contributed by atoms with Crippen molar-refractivity contribution in [1.82, 2.24) is 4.72 Å². The topological polar surface area (TPSA) is 119 Å². The summed E-state index contributed by atoms with van der Waals surface area (Å²) in [5.74, 6) is -0.622. The molecule has 220 valence electrons. The number of carbonyl (C=O) groups excluding carboxylic acids is 1. The van der Waals surface area contributed by atoms with Crippen molar-refractivity contribution in [2.75, 3.05) is 18.0 Å². The third-order valence-corrected chi connectivity index (χ3v) is 9.28. The molecule has 9 nitrogen and oxygen atoms in total. The SMILES string of the molecule is COC(=O)CNS(=O)(=O)Cc1ccc(CN(c2ccc(OCc3ccccc3)cc2)S(=O)(=O)Cc2ccccc2)cc1. The number of hydrogen-bond donors (Lipinski definition) is 1. The second-order valence-electron chi connectivity index (χ2n) is 9.49. The molecule has 0 aromatic heterocycles. The molecule has 0 aliphatic heterocycles. The molecule has 0 heterocycles. The number of sulfonamides is 2. The maximum absolute atomic E-state index is 13.7. The molecule has 0 bridgehead atoms. The molecule has 0 spiro atoms. The van der Waals surface area contributed by atoms with Crippen LogP contribution >= 0.6 is 0 Å². The molecule has 4 aromatic carbocycles. The molecule has 1 N–H and O–H groups in total. The summed E-state index contributed by atoms with van der Waals surface area (Å²) in [6.45, 7) is -0.0370. The lowest BCUT2D eigenvalue weighted by atomic mass is 10.1.